The van der Waals surface area contributed by atoms with Gasteiger partial charge in [0, 0.05) is 0 Å². The molecule has 0 aliphatic heterocycles. The summed E-state index contributed by atoms with van der Waals surface area (Å²) in [6.07, 6.45) is 0. The Hall–Kier alpha value is 1.19. The molecule has 0 aliphatic carbocycles. The molecule has 0 saturated carbocycles. The van der Waals surface area contributed by atoms with Gasteiger partial charge in [0.15, 0.2) is 10.3 Å². The molecule has 0 bridgehead atoms. The van der Waals surface area contributed by atoms with Gasteiger partial charge < -0.3 is 19.1 Å². The first-order valence-electron chi connectivity index (χ1n) is 5.76. The van der Waals surface area contributed by atoms with E-state index in [0.29, 0.717) is 6.07 Å². The molecule has 0 fully saturated rings. The number of fused-ring (bicyclic) bond motifs is 1. The Balaban J connectivity index is 0. The van der Waals surface area contributed by atoms with E-state index >= 15 is 0 Å². The molecule has 0 amide bonds. The Kier molecular flexibility index (Phi) is 12.4. The van der Waals surface area contributed by atoms with Crippen molar-refractivity contribution in [1.29, 1.82) is 0 Å². The van der Waals surface area contributed by atoms with Crippen LogP contribution in [0.3, 0.4) is 0 Å². The molecule has 27 heavy (non-hydrogen) atoms. The maximum atomic E-state index is 11.3. The zero-order chi connectivity index (χ0) is 18.3. The average molecular weight is 464 g/mol. The van der Waals surface area contributed by atoms with Gasteiger partial charge in [-0.15, -0.1) is 4.83 Å². The number of rotatable bonds is 5. The van der Waals surface area contributed by atoms with Gasteiger partial charge in [-0.2, -0.15) is 0 Å². The van der Waals surface area contributed by atoms with Gasteiger partial charge in [0.1, 0.15) is 20.2 Å². The smallest absolute Gasteiger partial charge is 0.744 e. The van der Waals surface area contributed by atoms with Gasteiger partial charge in [-0.25, -0.2) is 25.3 Å². The number of hydrogen-bond donors (Lipinski definition) is 2. The molecule has 2 aromatic rings. The maximum Gasteiger partial charge on any atom is 1.00 e. The first-order valence-corrected chi connectivity index (χ1v) is 9.98. The van der Waals surface area contributed by atoms with E-state index in [0.717, 1.165) is 24.3 Å². The van der Waals surface area contributed by atoms with E-state index in [-0.39, 0.29) is 105 Å². The Bertz CT molecular complexity index is 1140. The van der Waals surface area contributed by atoms with Gasteiger partial charge in [-0.1, -0.05) is 6.07 Å². The minimum atomic E-state index is -5.10. The topological polar surface area (TPSA) is 196 Å². The third kappa shape index (κ3) is 8.84. The van der Waals surface area contributed by atoms with Crippen LogP contribution < -0.4 is 98.9 Å². The van der Waals surface area contributed by atoms with Gasteiger partial charge in [-0.3, -0.25) is 0 Å². The summed E-state index contributed by atoms with van der Waals surface area (Å²) in [6.45, 7) is 0. The second kappa shape index (κ2) is 11.0. The van der Waals surface area contributed by atoms with Crippen molar-refractivity contribution in [1.82, 2.24) is 4.83 Å². The molecular weight excluding hydrogens is 457 g/mol. The molecule has 11 nitrogen and oxygen atoms in total. The van der Waals surface area contributed by atoms with Crippen molar-refractivity contribution in [3.8, 4) is 0 Å². The summed E-state index contributed by atoms with van der Waals surface area (Å²) in [5.41, 5.74) is 1.91. The van der Waals surface area contributed by atoms with E-state index in [2.05, 4.69) is 0 Å². The van der Waals surface area contributed by atoms with E-state index in [1.54, 1.807) is 0 Å². The fraction of sp³-hybridized carbons (Fsp3) is 0. The van der Waals surface area contributed by atoms with Crippen LogP contribution in [0.2, 0.25) is 0 Å². The summed E-state index contributed by atoms with van der Waals surface area (Å²) in [7, 11) is -15.0. The minimum Gasteiger partial charge on any atom is -0.744 e. The fourth-order valence-corrected chi connectivity index (χ4v) is 3.44. The third-order valence-corrected chi connectivity index (χ3v) is 4.81. The number of benzene rings is 2. The van der Waals surface area contributed by atoms with Gasteiger partial charge in [0.25, 0.3) is 0 Å². The quantitative estimate of drug-likeness (QED) is 0.244. The minimum absolute atomic E-state index is 0. The summed E-state index contributed by atoms with van der Waals surface area (Å²) in [4.78, 5) is -0.479. The van der Waals surface area contributed by atoms with Crippen LogP contribution >= 0.6 is 0 Å². The molecule has 0 heterocycles. The monoisotopic (exact) mass is 464 g/mol. The van der Waals surface area contributed by atoms with Crippen LogP contribution in [0.4, 0.5) is 5.69 Å². The van der Waals surface area contributed by atoms with Gasteiger partial charge in [0.2, 0.25) is 0 Å². The molecule has 17 heteroatoms. The van der Waals surface area contributed by atoms with Gasteiger partial charge in [0.05, 0.1) is 15.5 Å². The third-order valence-electron chi connectivity index (χ3n) is 2.77. The maximum absolute atomic E-state index is 11.3. The SMILES string of the molecule is O=S(=O)([O-])NNc1ccc2c(S(=O)(=O)[O-])cc(S(=O)(=O)[O-])cc2c1.[Na+].[Na+].[Na+]. The Morgan fingerprint density at radius 2 is 1.30 bits per heavy atom. The molecule has 0 aromatic heterocycles. The van der Waals surface area contributed by atoms with E-state index in [1.807, 2.05) is 5.43 Å². The van der Waals surface area contributed by atoms with E-state index in [1.165, 1.54) is 4.83 Å². The zero-order valence-corrected chi connectivity index (χ0v) is 22.7. The van der Waals surface area contributed by atoms with Crippen LogP contribution in [-0.4, -0.2) is 38.9 Å². The average Bonchev–Trinajstić information content (AvgIpc) is 2.40. The summed E-state index contributed by atoms with van der Waals surface area (Å²) in [5, 5.41) is -0.343. The summed E-state index contributed by atoms with van der Waals surface area (Å²) >= 11 is 0. The first kappa shape index (κ1) is 30.4. The molecule has 0 radical (unpaired) electrons. The van der Waals surface area contributed by atoms with Crippen molar-refractivity contribution in [2.24, 2.45) is 0 Å². The summed E-state index contributed by atoms with van der Waals surface area (Å²) < 4.78 is 98.5. The molecule has 2 rings (SSSR count). The fourth-order valence-electron chi connectivity index (χ4n) is 1.86. The van der Waals surface area contributed by atoms with Crippen molar-refractivity contribution >= 4 is 47.0 Å². The molecule has 132 valence electrons. The number of hydrazine groups is 1. The van der Waals surface area contributed by atoms with Crippen LogP contribution in [0, 0.1) is 0 Å². The van der Waals surface area contributed by atoms with E-state index in [9.17, 15) is 38.9 Å². The van der Waals surface area contributed by atoms with Crippen molar-refractivity contribution in [2.75, 3.05) is 5.43 Å². The molecule has 0 unspecified atom stereocenters. The normalized spacial score (nSPS) is 11.7. The second-order valence-electron chi connectivity index (χ2n) is 4.45. The first-order chi connectivity index (χ1) is 10.8. The largest absolute Gasteiger partial charge is 1.00 e. The van der Waals surface area contributed by atoms with Gasteiger partial charge >= 0.3 is 88.7 Å². The van der Waals surface area contributed by atoms with Crippen molar-refractivity contribution in [3.63, 3.8) is 0 Å². The van der Waals surface area contributed by atoms with Crippen molar-refractivity contribution in [3.05, 3.63) is 30.3 Å². The molecular formula is C10H7N2Na3O9S3. The zero-order valence-electron chi connectivity index (χ0n) is 14.3. The number of nitrogens with one attached hydrogen (secondary N) is 2. The predicted molar refractivity (Wildman–Crippen MR) is 76.3 cm³/mol. The Morgan fingerprint density at radius 1 is 0.741 bits per heavy atom. The van der Waals surface area contributed by atoms with Crippen LogP contribution in [0.25, 0.3) is 10.8 Å². The molecule has 2 N–H and O–H groups in total. The van der Waals surface area contributed by atoms with Crippen molar-refractivity contribution < 1.29 is 128 Å². The molecule has 0 saturated heterocycles. The summed E-state index contributed by atoms with van der Waals surface area (Å²) in [5.74, 6) is 0. The molecule has 0 atom stereocenters. The Labute approximate surface area is 221 Å². The molecule has 2 aromatic carbocycles. The Morgan fingerprint density at radius 3 is 1.74 bits per heavy atom. The van der Waals surface area contributed by atoms with Crippen LogP contribution in [0.15, 0.2) is 40.1 Å². The van der Waals surface area contributed by atoms with E-state index < -0.39 is 40.3 Å². The molecule has 0 spiro atoms. The van der Waals surface area contributed by atoms with Crippen molar-refractivity contribution in [2.45, 2.75) is 9.79 Å². The van der Waals surface area contributed by atoms with Crippen LogP contribution in [0.1, 0.15) is 0 Å². The number of anilines is 1. The summed E-state index contributed by atoms with van der Waals surface area (Å²) in [6, 6.07) is 4.49. The molecule has 0 aliphatic rings. The van der Waals surface area contributed by atoms with E-state index in [4.69, 9.17) is 0 Å². The number of hydrogen-bond acceptors (Lipinski definition) is 10. The van der Waals surface area contributed by atoms with Crippen LogP contribution in [-0.2, 0) is 30.5 Å². The second-order valence-corrected chi connectivity index (χ2v) is 8.29. The predicted octanol–water partition coefficient (Wildman–Crippen LogP) is -9.96. The van der Waals surface area contributed by atoms with Crippen LogP contribution in [0.5, 0.6) is 0 Å². The van der Waals surface area contributed by atoms with Gasteiger partial charge in [-0.05, 0) is 35.0 Å². The standard InChI is InChI=1S/C10H10N2O9S3.3Na/c13-22(14,15)8-4-6-3-7(11-12-24(19,20)21)1-2-9(6)10(5-8)23(16,17)18;;;/h1-5,11-12H,(H,13,14,15)(H,16,17,18)(H,19,20,21);;;/q;3*+1/p-3.